The van der Waals surface area contributed by atoms with Gasteiger partial charge in [0.2, 0.25) is 0 Å². The number of benzene rings is 1. The number of fused-ring (bicyclic) bond motifs is 1. The van der Waals surface area contributed by atoms with Crippen molar-refractivity contribution >= 4 is 21.4 Å². The highest BCUT2D eigenvalue weighted by atomic mass is 32.1. The maximum Gasteiger partial charge on any atom is 0.259 e. The van der Waals surface area contributed by atoms with Crippen molar-refractivity contribution in [1.29, 1.82) is 5.26 Å². The summed E-state index contributed by atoms with van der Waals surface area (Å²) in [6, 6.07) is 13.3. The van der Waals surface area contributed by atoms with Crippen LogP contribution in [0.2, 0.25) is 0 Å². The van der Waals surface area contributed by atoms with Gasteiger partial charge in [0.25, 0.3) is 5.56 Å². The lowest BCUT2D eigenvalue weighted by molar-refractivity contribution is 0.767. The zero-order valence-corrected chi connectivity index (χ0v) is 10.9. The second-order valence-electron chi connectivity index (χ2n) is 4.22. The molecule has 0 radical (unpaired) electrons. The summed E-state index contributed by atoms with van der Waals surface area (Å²) in [5.74, 6) is 0. The van der Waals surface area contributed by atoms with Crippen LogP contribution in [0.3, 0.4) is 0 Å². The average molecular weight is 266 g/mol. The molecule has 3 rings (SSSR count). The highest BCUT2D eigenvalue weighted by Gasteiger charge is 2.06. The van der Waals surface area contributed by atoms with Gasteiger partial charge in [-0.05, 0) is 29.1 Å². The molecule has 0 spiro atoms. The highest BCUT2D eigenvalue weighted by Crippen LogP contribution is 2.17. The van der Waals surface area contributed by atoms with E-state index in [0.29, 0.717) is 12.1 Å². The summed E-state index contributed by atoms with van der Waals surface area (Å²) in [6.07, 6.45) is 1.79. The van der Waals surface area contributed by atoms with Crippen molar-refractivity contribution in [2.75, 3.05) is 0 Å². The topological polar surface area (TPSA) is 45.8 Å². The van der Waals surface area contributed by atoms with Gasteiger partial charge in [0, 0.05) is 10.9 Å². The zero-order chi connectivity index (χ0) is 13.2. The molecule has 0 aliphatic rings. The number of thiophene rings is 1. The number of nitrogens with zero attached hydrogens (tertiary/aromatic N) is 2. The smallest absolute Gasteiger partial charge is 0.259 e. The maximum atomic E-state index is 12.3. The molecule has 19 heavy (non-hydrogen) atoms. The molecule has 2 heterocycles. The molecule has 3 aromatic rings. The molecule has 0 bridgehead atoms. The minimum absolute atomic E-state index is 0.00788. The minimum Gasteiger partial charge on any atom is -0.310 e. The van der Waals surface area contributed by atoms with Crippen LogP contribution in [0, 0.1) is 11.3 Å². The first kappa shape index (κ1) is 11.7. The van der Waals surface area contributed by atoms with Crippen LogP contribution in [0.5, 0.6) is 0 Å². The van der Waals surface area contributed by atoms with Gasteiger partial charge in [-0.2, -0.15) is 5.26 Å². The number of pyridine rings is 1. The van der Waals surface area contributed by atoms with Crippen molar-refractivity contribution in [3.63, 3.8) is 0 Å². The Morgan fingerprint density at radius 2 is 2.05 bits per heavy atom. The lowest BCUT2D eigenvalue weighted by atomic mass is 10.1. The summed E-state index contributed by atoms with van der Waals surface area (Å²) >= 11 is 1.56. The molecular weight excluding hydrogens is 256 g/mol. The van der Waals surface area contributed by atoms with Crippen molar-refractivity contribution in [2.24, 2.45) is 0 Å². The molecule has 0 aliphatic carbocycles. The van der Waals surface area contributed by atoms with Gasteiger partial charge in [-0.1, -0.05) is 18.2 Å². The fourth-order valence-electron chi connectivity index (χ4n) is 2.08. The van der Waals surface area contributed by atoms with Gasteiger partial charge < -0.3 is 4.57 Å². The molecule has 3 nitrogen and oxygen atoms in total. The average Bonchev–Trinajstić information content (AvgIpc) is 2.92. The second kappa shape index (κ2) is 4.71. The Kier molecular flexibility index (Phi) is 2.90. The quantitative estimate of drug-likeness (QED) is 0.715. The minimum atomic E-state index is -0.00788. The Morgan fingerprint density at radius 3 is 2.89 bits per heavy atom. The van der Waals surface area contributed by atoms with Crippen LogP contribution in [0.25, 0.3) is 10.1 Å². The van der Waals surface area contributed by atoms with Gasteiger partial charge >= 0.3 is 0 Å². The molecular formula is C15H10N2OS. The van der Waals surface area contributed by atoms with Crippen molar-refractivity contribution in [1.82, 2.24) is 4.57 Å². The Bertz CT molecular complexity index is 839. The van der Waals surface area contributed by atoms with Crippen LogP contribution in [0.1, 0.15) is 11.1 Å². The summed E-state index contributed by atoms with van der Waals surface area (Å²) in [5, 5.41) is 11.7. The number of nitriles is 1. The van der Waals surface area contributed by atoms with E-state index in [4.69, 9.17) is 5.26 Å². The van der Waals surface area contributed by atoms with Gasteiger partial charge in [-0.15, -0.1) is 11.3 Å². The van der Waals surface area contributed by atoms with Gasteiger partial charge in [-0.3, -0.25) is 4.79 Å². The molecule has 0 fully saturated rings. The van der Waals surface area contributed by atoms with E-state index in [2.05, 4.69) is 6.07 Å². The van der Waals surface area contributed by atoms with Crippen molar-refractivity contribution in [2.45, 2.75) is 6.54 Å². The lowest BCUT2D eigenvalue weighted by Crippen LogP contribution is -2.19. The predicted octanol–water partition coefficient (Wildman–Crippen LogP) is 2.98. The monoisotopic (exact) mass is 266 g/mol. The Labute approximate surface area is 114 Å². The first-order chi connectivity index (χ1) is 9.29. The van der Waals surface area contributed by atoms with E-state index in [9.17, 15) is 4.79 Å². The third-order valence-corrected chi connectivity index (χ3v) is 3.95. The second-order valence-corrected chi connectivity index (χ2v) is 5.16. The molecule has 0 amide bonds. The SMILES string of the molecule is N#Cc1ccccc1Cn1ccc2sccc2c1=O. The van der Waals surface area contributed by atoms with Crippen molar-refractivity contribution in [3.05, 3.63) is 69.5 Å². The maximum absolute atomic E-state index is 12.3. The molecule has 2 aromatic heterocycles. The van der Waals surface area contributed by atoms with Crippen LogP contribution in [0.4, 0.5) is 0 Å². The van der Waals surface area contributed by atoms with E-state index >= 15 is 0 Å². The number of aromatic nitrogens is 1. The van der Waals surface area contributed by atoms with Gasteiger partial charge in [-0.25, -0.2) is 0 Å². The number of rotatable bonds is 2. The van der Waals surface area contributed by atoms with Crippen LogP contribution in [0.15, 0.2) is 52.8 Å². The van der Waals surface area contributed by atoms with Gasteiger partial charge in [0.15, 0.2) is 0 Å². The summed E-state index contributed by atoms with van der Waals surface area (Å²) < 4.78 is 2.64. The molecule has 4 heteroatoms. The van der Waals surface area contributed by atoms with Gasteiger partial charge in [0.05, 0.1) is 23.6 Å². The molecule has 0 aliphatic heterocycles. The zero-order valence-electron chi connectivity index (χ0n) is 10.0. The molecule has 0 unspecified atom stereocenters. The first-order valence-electron chi connectivity index (χ1n) is 5.84. The van der Waals surface area contributed by atoms with Crippen LogP contribution in [-0.4, -0.2) is 4.57 Å². The molecule has 92 valence electrons. The summed E-state index contributed by atoms with van der Waals surface area (Å²) in [7, 11) is 0. The fourth-order valence-corrected chi connectivity index (χ4v) is 2.85. The van der Waals surface area contributed by atoms with E-state index in [1.54, 1.807) is 28.2 Å². The first-order valence-corrected chi connectivity index (χ1v) is 6.72. The highest BCUT2D eigenvalue weighted by molar-refractivity contribution is 7.17. The van der Waals surface area contributed by atoms with Crippen molar-refractivity contribution < 1.29 is 0 Å². The third-order valence-electron chi connectivity index (χ3n) is 3.07. The largest absolute Gasteiger partial charge is 0.310 e. The van der Waals surface area contributed by atoms with E-state index in [0.717, 1.165) is 15.6 Å². The van der Waals surface area contributed by atoms with Crippen LogP contribution in [-0.2, 0) is 6.54 Å². The Morgan fingerprint density at radius 1 is 1.21 bits per heavy atom. The standard InChI is InChI=1S/C15H10N2OS/c16-9-11-3-1-2-4-12(11)10-17-7-5-14-13(15(17)18)6-8-19-14/h1-8H,10H2. The summed E-state index contributed by atoms with van der Waals surface area (Å²) in [6.45, 7) is 0.425. The van der Waals surface area contributed by atoms with Crippen LogP contribution < -0.4 is 5.56 Å². The van der Waals surface area contributed by atoms with Gasteiger partial charge in [0.1, 0.15) is 0 Å². The fraction of sp³-hybridized carbons (Fsp3) is 0.0667. The van der Waals surface area contributed by atoms with Crippen LogP contribution >= 0.6 is 11.3 Å². The molecule has 0 saturated heterocycles. The Hall–Kier alpha value is -2.38. The van der Waals surface area contributed by atoms with E-state index in [-0.39, 0.29) is 5.56 Å². The molecule has 0 atom stereocenters. The van der Waals surface area contributed by atoms with E-state index in [1.165, 1.54) is 0 Å². The normalized spacial score (nSPS) is 10.5. The third kappa shape index (κ3) is 2.05. The summed E-state index contributed by atoms with van der Waals surface area (Å²) in [4.78, 5) is 12.3. The molecule has 0 saturated carbocycles. The Balaban J connectivity index is 2.09. The molecule has 0 N–H and O–H groups in total. The number of hydrogen-bond acceptors (Lipinski definition) is 3. The van der Waals surface area contributed by atoms with Crippen molar-refractivity contribution in [3.8, 4) is 6.07 Å². The number of hydrogen-bond donors (Lipinski definition) is 0. The summed E-state index contributed by atoms with van der Waals surface area (Å²) in [5.41, 5.74) is 1.47. The molecule has 1 aromatic carbocycles. The predicted molar refractivity (Wildman–Crippen MR) is 76.3 cm³/mol. The lowest BCUT2D eigenvalue weighted by Gasteiger charge is -2.07. The van der Waals surface area contributed by atoms with E-state index in [1.807, 2.05) is 35.7 Å². The van der Waals surface area contributed by atoms with E-state index < -0.39 is 0 Å².